The van der Waals surface area contributed by atoms with E-state index in [4.69, 9.17) is 5.73 Å². The molecular weight excluding hydrogens is 218 g/mol. The minimum absolute atomic E-state index is 0.153. The van der Waals surface area contributed by atoms with Crippen LogP contribution in [0.4, 0.5) is 4.79 Å². The Labute approximate surface area is 103 Å². The molecule has 0 heterocycles. The number of primary amides is 1. The smallest absolute Gasteiger partial charge is 0.318 e. The van der Waals surface area contributed by atoms with E-state index in [-0.39, 0.29) is 12.5 Å². The lowest BCUT2D eigenvalue weighted by atomic mass is 9.93. The minimum Gasteiger partial charge on any atom is -0.351 e. The highest BCUT2D eigenvalue weighted by atomic mass is 16.2. The largest absolute Gasteiger partial charge is 0.351 e. The standard InChI is InChI=1S/C12H23N3O2/c1-9(10-6-4-2-3-5-7-10)14-8-11(16)15-12(13)17/h9-10,14H,2-8H2,1H3,(H3,13,15,16,17)/t9-/m1/s1. The fraction of sp³-hybridized carbons (Fsp3) is 0.833. The van der Waals surface area contributed by atoms with E-state index >= 15 is 0 Å². The van der Waals surface area contributed by atoms with Crippen LogP contribution in [-0.4, -0.2) is 24.5 Å². The summed E-state index contributed by atoms with van der Waals surface area (Å²) in [5, 5.41) is 5.22. The monoisotopic (exact) mass is 241 g/mol. The SMILES string of the molecule is C[C@@H](NCC(=O)NC(N)=O)C1CCCCCC1. The molecule has 1 atom stereocenters. The zero-order valence-corrected chi connectivity index (χ0v) is 10.5. The quantitative estimate of drug-likeness (QED) is 0.645. The summed E-state index contributed by atoms with van der Waals surface area (Å²) in [5.41, 5.74) is 4.86. The number of imide groups is 1. The maximum atomic E-state index is 11.2. The van der Waals surface area contributed by atoms with Crippen LogP contribution in [0.15, 0.2) is 0 Å². The van der Waals surface area contributed by atoms with Gasteiger partial charge in [0.15, 0.2) is 0 Å². The van der Waals surface area contributed by atoms with Crippen molar-refractivity contribution in [2.45, 2.75) is 51.5 Å². The van der Waals surface area contributed by atoms with E-state index in [1.54, 1.807) is 0 Å². The Hall–Kier alpha value is -1.10. The van der Waals surface area contributed by atoms with Crippen LogP contribution in [0.1, 0.15) is 45.4 Å². The highest BCUT2D eigenvalue weighted by Crippen LogP contribution is 2.25. The average Bonchev–Trinajstić information content (AvgIpc) is 2.53. The van der Waals surface area contributed by atoms with E-state index < -0.39 is 6.03 Å². The fourth-order valence-corrected chi connectivity index (χ4v) is 2.41. The Balaban J connectivity index is 2.25. The molecular formula is C12H23N3O2. The van der Waals surface area contributed by atoms with Gasteiger partial charge in [-0.15, -0.1) is 0 Å². The summed E-state index contributed by atoms with van der Waals surface area (Å²) in [4.78, 5) is 21.7. The van der Waals surface area contributed by atoms with Crippen LogP contribution in [-0.2, 0) is 4.79 Å². The number of carbonyl (C=O) groups is 2. The molecule has 0 aliphatic heterocycles. The Kier molecular flexibility index (Phi) is 5.97. The van der Waals surface area contributed by atoms with Crippen molar-refractivity contribution in [3.05, 3.63) is 0 Å². The third-order valence-electron chi connectivity index (χ3n) is 3.45. The summed E-state index contributed by atoms with van der Waals surface area (Å²) in [6, 6.07) is -0.481. The second-order valence-corrected chi connectivity index (χ2v) is 4.83. The average molecular weight is 241 g/mol. The topological polar surface area (TPSA) is 84.2 Å². The van der Waals surface area contributed by atoms with Gasteiger partial charge in [0.05, 0.1) is 6.54 Å². The second kappa shape index (κ2) is 7.27. The van der Waals surface area contributed by atoms with E-state index in [1.807, 2.05) is 0 Å². The van der Waals surface area contributed by atoms with Gasteiger partial charge in [0, 0.05) is 6.04 Å². The summed E-state index contributed by atoms with van der Waals surface area (Å²) >= 11 is 0. The van der Waals surface area contributed by atoms with Crippen molar-refractivity contribution in [3.8, 4) is 0 Å². The number of rotatable bonds is 4. The van der Waals surface area contributed by atoms with E-state index in [0.717, 1.165) is 0 Å². The number of nitrogens with one attached hydrogen (secondary N) is 2. The summed E-state index contributed by atoms with van der Waals surface area (Å²) < 4.78 is 0. The first kappa shape index (κ1) is 14.0. The molecule has 0 saturated heterocycles. The fourth-order valence-electron chi connectivity index (χ4n) is 2.41. The van der Waals surface area contributed by atoms with E-state index in [2.05, 4.69) is 17.6 Å². The van der Waals surface area contributed by atoms with Crippen molar-refractivity contribution >= 4 is 11.9 Å². The summed E-state index contributed by atoms with van der Waals surface area (Å²) in [6.07, 6.45) is 7.67. The molecule has 5 nitrogen and oxygen atoms in total. The van der Waals surface area contributed by atoms with Crippen LogP contribution < -0.4 is 16.4 Å². The maximum Gasteiger partial charge on any atom is 0.318 e. The molecule has 0 spiro atoms. The third-order valence-corrected chi connectivity index (χ3v) is 3.45. The van der Waals surface area contributed by atoms with Gasteiger partial charge >= 0.3 is 6.03 Å². The molecule has 3 amide bonds. The molecule has 17 heavy (non-hydrogen) atoms. The van der Waals surface area contributed by atoms with Crippen LogP contribution in [0.3, 0.4) is 0 Å². The number of hydrogen-bond donors (Lipinski definition) is 3. The van der Waals surface area contributed by atoms with Gasteiger partial charge < -0.3 is 11.1 Å². The molecule has 98 valence electrons. The second-order valence-electron chi connectivity index (χ2n) is 4.83. The zero-order valence-electron chi connectivity index (χ0n) is 10.5. The Bertz CT molecular complexity index is 260. The predicted molar refractivity (Wildman–Crippen MR) is 66.4 cm³/mol. The van der Waals surface area contributed by atoms with E-state index in [1.165, 1.54) is 38.5 Å². The lowest BCUT2D eigenvalue weighted by molar-refractivity contribution is -0.119. The lowest BCUT2D eigenvalue weighted by Gasteiger charge is -2.23. The maximum absolute atomic E-state index is 11.2. The van der Waals surface area contributed by atoms with Crippen LogP contribution in [0.25, 0.3) is 0 Å². The van der Waals surface area contributed by atoms with Gasteiger partial charge in [-0.05, 0) is 25.7 Å². The van der Waals surface area contributed by atoms with Gasteiger partial charge in [-0.3, -0.25) is 10.1 Å². The molecule has 4 N–H and O–H groups in total. The number of amides is 3. The van der Waals surface area contributed by atoms with Crippen molar-refractivity contribution in [3.63, 3.8) is 0 Å². The molecule has 1 rings (SSSR count). The summed E-state index contributed by atoms with van der Waals surface area (Å²) in [7, 11) is 0. The molecule has 0 aromatic carbocycles. The highest BCUT2D eigenvalue weighted by Gasteiger charge is 2.19. The van der Waals surface area contributed by atoms with Crippen molar-refractivity contribution < 1.29 is 9.59 Å². The molecule has 1 aliphatic carbocycles. The number of urea groups is 1. The first-order valence-corrected chi connectivity index (χ1v) is 6.42. The number of carbonyl (C=O) groups excluding carboxylic acids is 2. The van der Waals surface area contributed by atoms with Crippen LogP contribution >= 0.6 is 0 Å². The lowest BCUT2D eigenvalue weighted by Crippen LogP contribution is -2.44. The minimum atomic E-state index is -0.793. The first-order chi connectivity index (χ1) is 8.09. The molecule has 1 aliphatic rings. The Morgan fingerprint density at radius 2 is 1.82 bits per heavy atom. The third kappa shape index (κ3) is 5.68. The molecule has 0 aromatic heterocycles. The first-order valence-electron chi connectivity index (χ1n) is 6.42. The highest BCUT2D eigenvalue weighted by molar-refractivity contribution is 5.94. The Morgan fingerprint density at radius 1 is 1.24 bits per heavy atom. The zero-order chi connectivity index (χ0) is 12.7. The number of hydrogen-bond acceptors (Lipinski definition) is 3. The molecule has 0 radical (unpaired) electrons. The van der Waals surface area contributed by atoms with Crippen molar-refractivity contribution in [1.82, 2.24) is 10.6 Å². The molecule has 0 aromatic rings. The van der Waals surface area contributed by atoms with Gasteiger partial charge in [0.1, 0.15) is 0 Å². The van der Waals surface area contributed by atoms with Crippen LogP contribution in [0.2, 0.25) is 0 Å². The van der Waals surface area contributed by atoms with E-state index in [0.29, 0.717) is 12.0 Å². The predicted octanol–water partition coefficient (Wildman–Crippen LogP) is 1.13. The molecule has 0 bridgehead atoms. The number of nitrogens with two attached hydrogens (primary N) is 1. The van der Waals surface area contributed by atoms with Gasteiger partial charge in [0.25, 0.3) is 0 Å². The summed E-state index contributed by atoms with van der Waals surface area (Å²) in [5.74, 6) is 0.275. The molecule has 0 unspecified atom stereocenters. The van der Waals surface area contributed by atoms with Gasteiger partial charge in [-0.1, -0.05) is 25.7 Å². The Morgan fingerprint density at radius 3 is 2.35 bits per heavy atom. The molecule has 1 fully saturated rings. The van der Waals surface area contributed by atoms with Crippen molar-refractivity contribution in [2.75, 3.05) is 6.54 Å². The summed E-state index contributed by atoms with van der Waals surface area (Å²) in [6.45, 7) is 2.26. The van der Waals surface area contributed by atoms with Crippen LogP contribution in [0, 0.1) is 5.92 Å². The van der Waals surface area contributed by atoms with Gasteiger partial charge in [0.2, 0.25) is 5.91 Å². The van der Waals surface area contributed by atoms with E-state index in [9.17, 15) is 9.59 Å². The van der Waals surface area contributed by atoms with Crippen LogP contribution in [0.5, 0.6) is 0 Å². The molecule has 1 saturated carbocycles. The van der Waals surface area contributed by atoms with Gasteiger partial charge in [-0.2, -0.15) is 0 Å². The van der Waals surface area contributed by atoms with Gasteiger partial charge in [-0.25, -0.2) is 4.79 Å². The van der Waals surface area contributed by atoms with Crippen molar-refractivity contribution in [2.24, 2.45) is 11.7 Å². The molecule has 5 heteroatoms. The van der Waals surface area contributed by atoms with Crippen molar-refractivity contribution in [1.29, 1.82) is 0 Å². The normalized spacial score (nSPS) is 19.4.